The van der Waals surface area contributed by atoms with E-state index in [9.17, 15) is 8.42 Å². The lowest BCUT2D eigenvalue weighted by molar-refractivity contribution is 0.402. The van der Waals surface area contributed by atoms with E-state index in [2.05, 4.69) is 11.6 Å². The van der Waals surface area contributed by atoms with Crippen LogP contribution < -0.4 is 15.2 Å². The number of hydrogen-bond donors (Lipinski definition) is 2. The second-order valence-electron chi connectivity index (χ2n) is 5.06. The number of ether oxygens (including phenoxy) is 1. The van der Waals surface area contributed by atoms with Gasteiger partial charge >= 0.3 is 0 Å². The molecule has 1 aromatic rings. The Hall–Kier alpha value is -0.920. The van der Waals surface area contributed by atoms with Crippen molar-refractivity contribution in [1.82, 2.24) is 4.72 Å². The molecule has 1 saturated carbocycles. The second kappa shape index (κ2) is 6.89. The minimum atomic E-state index is -3.63. The topological polar surface area (TPSA) is 81.4 Å². The van der Waals surface area contributed by atoms with Gasteiger partial charge in [0.1, 0.15) is 10.6 Å². The van der Waals surface area contributed by atoms with Crippen LogP contribution in [0.2, 0.25) is 0 Å². The first-order chi connectivity index (χ1) is 9.97. The zero-order valence-corrected chi connectivity index (χ0v) is 14.0. The fraction of sp³-hybridized carbons (Fsp3) is 0.571. The number of methoxy groups -OCH3 is 1. The van der Waals surface area contributed by atoms with E-state index in [4.69, 9.17) is 10.5 Å². The van der Waals surface area contributed by atoms with E-state index >= 15 is 0 Å². The van der Waals surface area contributed by atoms with Crippen LogP contribution in [0.5, 0.6) is 5.75 Å². The first-order valence-electron chi connectivity index (χ1n) is 7.05. The van der Waals surface area contributed by atoms with Gasteiger partial charge in [-0.05, 0) is 36.8 Å². The summed E-state index contributed by atoms with van der Waals surface area (Å²) in [7, 11) is -2.17. The Morgan fingerprint density at radius 3 is 2.86 bits per heavy atom. The number of nitrogens with two attached hydrogens (primary N) is 1. The van der Waals surface area contributed by atoms with Crippen molar-refractivity contribution >= 4 is 27.5 Å². The number of hydrogen-bond acceptors (Lipinski definition) is 5. The van der Waals surface area contributed by atoms with E-state index in [1.54, 1.807) is 12.1 Å². The number of anilines is 1. The number of nitrogen functional groups attached to an aromatic ring is 1. The largest absolute Gasteiger partial charge is 0.495 e. The van der Waals surface area contributed by atoms with Crippen molar-refractivity contribution in [1.29, 1.82) is 0 Å². The predicted octanol–water partition coefficient (Wildman–Crippen LogP) is 2.23. The molecule has 0 radical (unpaired) electrons. The summed E-state index contributed by atoms with van der Waals surface area (Å²) in [5.41, 5.74) is 6.11. The van der Waals surface area contributed by atoms with Crippen LogP contribution in [0.4, 0.5) is 5.69 Å². The molecule has 0 spiro atoms. The standard InChI is InChI=1S/C14H22N2O3S2/c1-3-20-13-6-4-5-11(13)16-21(17,18)14-9-10(15)7-8-12(14)19-2/h7-9,11,13,16H,3-6,15H2,1-2H3. The summed E-state index contributed by atoms with van der Waals surface area (Å²) in [4.78, 5) is 0.108. The van der Waals surface area contributed by atoms with E-state index < -0.39 is 10.0 Å². The third kappa shape index (κ3) is 3.84. The Labute approximate surface area is 130 Å². The lowest BCUT2D eigenvalue weighted by atomic mass is 10.3. The summed E-state index contributed by atoms with van der Waals surface area (Å²) in [6.07, 6.45) is 2.99. The van der Waals surface area contributed by atoms with E-state index in [1.165, 1.54) is 13.2 Å². The average molecular weight is 330 g/mol. The molecular weight excluding hydrogens is 308 g/mol. The first kappa shape index (κ1) is 16.5. The number of benzene rings is 1. The van der Waals surface area contributed by atoms with Crippen LogP contribution in [0.25, 0.3) is 0 Å². The quantitative estimate of drug-likeness (QED) is 0.782. The molecule has 7 heteroatoms. The monoisotopic (exact) mass is 330 g/mol. The summed E-state index contributed by atoms with van der Waals surface area (Å²) in [6, 6.07) is 4.63. The third-order valence-corrected chi connectivity index (χ3v) is 6.45. The number of sulfonamides is 1. The van der Waals surface area contributed by atoms with Crippen molar-refractivity contribution in [3.05, 3.63) is 18.2 Å². The Morgan fingerprint density at radius 1 is 1.43 bits per heavy atom. The SMILES string of the molecule is CCSC1CCCC1NS(=O)(=O)c1cc(N)ccc1OC. The molecule has 0 aromatic heterocycles. The van der Waals surface area contributed by atoms with Gasteiger partial charge in [-0.1, -0.05) is 13.3 Å². The maximum atomic E-state index is 12.6. The second-order valence-corrected chi connectivity index (χ2v) is 8.26. The summed E-state index contributed by atoms with van der Waals surface area (Å²) in [6.45, 7) is 2.09. The number of rotatable bonds is 6. The summed E-state index contributed by atoms with van der Waals surface area (Å²) < 4.78 is 33.2. The lowest BCUT2D eigenvalue weighted by Crippen LogP contribution is -2.38. The molecule has 5 nitrogen and oxygen atoms in total. The fourth-order valence-corrected chi connectivity index (χ4v) is 5.44. The maximum Gasteiger partial charge on any atom is 0.244 e. The van der Waals surface area contributed by atoms with Gasteiger partial charge in [0.25, 0.3) is 0 Å². The Morgan fingerprint density at radius 2 is 2.19 bits per heavy atom. The molecule has 0 heterocycles. The van der Waals surface area contributed by atoms with Crippen LogP contribution in [0.3, 0.4) is 0 Å². The van der Waals surface area contributed by atoms with Gasteiger partial charge in [0.05, 0.1) is 7.11 Å². The molecular formula is C14H22N2O3S2. The van der Waals surface area contributed by atoms with E-state index in [-0.39, 0.29) is 10.9 Å². The van der Waals surface area contributed by atoms with E-state index in [0.717, 1.165) is 25.0 Å². The van der Waals surface area contributed by atoms with Crippen LogP contribution in [0.15, 0.2) is 23.1 Å². The van der Waals surface area contributed by atoms with Crippen LogP contribution in [0.1, 0.15) is 26.2 Å². The van der Waals surface area contributed by atoms with Gasteiger partial charge in [0, 0.05) is 17.0 Å². The number of nitrogens with one attached hydrogen (secondary N) is 1. The molecule has 0 aliphatic heterocycles. The van der Waals surface area contributed by atoms with Crippen molar-refractivity contribution in [2.45, 2.75) is 42.4 Å². The molecule has 1 aliphatic rings. The molecule has 118 valence electrons. The average Bonchev–Trinajstić information content (AvgIpc) is 2.86. The van der Waals surface area contributed by atoms with Gasteiger partial charge in [-0.3, -0.25) is 0 Å². The lowest BCUT2D eigenvalue weighted by Gasteiger charge is -2.21. The molecule has 2 unspecified atom stereocenters. The molecule has 2 atom stereocenters. The van der Waals surface area contributed by atoms with E-state index in [1.807, 2.05) is 11.8 Å². The number of thioether (sulfide) groups is 1. The highest BCUT2D eigenvalue weighted by molar-refractivity contribution is 8.00. The van der Waals surface area contributed by atoms with Crippen molar-refractivity contribution in [3.63, 3.8) is 0 Å². The molecule has 1 aliphatic carbocycles. The molecule has 1 aromatic carbocycles. The Kier molecular flexibility index (Phi) is 5.40. The normalized spacial score (nSPS) is 22.4. The Bertz CT molecular complexity index is 590. The first-order valence-corrected chi connectivity index (χ1v) is 9.58. The predicted molar refractivity (Wildman–Crippen MR) is 87.3 cm³/mol. The molecule has 21 heavy (non-hydrogen) atoms. The van der Waals surface area contributed by atoms with Gasteiger partial charge in [0.15, 0.2) is 0 Å². The van der Waals surface area contributed by atoms with Crippen molar-refractivity contribution in [2.24, 2.45) is 0 Å². The van der Waals surface area contributed by atoms with E-state index in [0.29, 0.717) is 16.7 Å². The van der Waals surface area contributed by atoms with Crippen molar-refractivity contribution in [2.75, 3.05) is 18.6 Å². The summed E-state index contributed by atoms with van der Waals surface area (Å²) in [5, 5.41) is 0.344. The molecule has 0 amide bonds. The van der Waals surface area contributed by atoms with Gasteiger partial charge < -0.3 is 10.5 Å². The maximum absolute atomic E-state index is 12.6. The summed E-state index contributed by atoms with van der Waals surface area (Å²) >= 11 is 1.81. The molecule has 0 saturated heterocycles. The van der Waals surface area contributed by atoms with Gasteiger partial charge in [-0.2, -0.15) is 11.8 Å². The highest BCUT2D eigenvalue weighted by Crippen LogP contribution is 2.32. The zero-order chi connectivity index (χ0) is 15.5. The molecule has 3 N–H and O–H groups in total. The van der Waals surface area contributed by atoms with Crippen LogP contribution in [-0.4, -0.2) is 32.6 Å². The smallest absolute Gasteiger partial charge is 0.244 e. The molecule has 1 fully saturated rings. The highest BCUT2D eigenvalue weighted by atomic mass is 32.2. The highest BCUT2D eigenvalue weighted by Gasteiger charge is 2.32. The Balaban J connectivity index is 2.24. The summed E-state index contributed by atoms with van der Waals surface area (Å²) in [5.74, 6) is 1.30. The van der Waals surface area contributed by atoms with Crippen molar-refractivity contribution < 1.29 is 13.2 Å². The van der Waals surface area contributed by atoms with Crippen LogP contribution in [0, 0.1) is 0 Å². The molecule has 0 bridgehead atoms. The van der Waals surface area contributed by atoms with Crippen LogP contribution >= 0.6 is 11.8 Å². The van der Waals surface area contributed by atoms with Crippen LogP contribution in [-0.2, 0) is 10.0 Å². The van der Waals surface area contributed by atoms with Gasteiger partial charge in [-0.25, -0.2) is 13.1 Å². The zero-order valence-electron chi connectivity index (χ0n) is 12.3. The third-order valence-electron chi connectivity index (χ3n) is 3.62. The minimum absolute atomic E-state index is 0.0221. The fourth-order valence-electron chi connectivity index (χ4n) is 2.64. The van der Waals surface area contributed by atoms with Gasteiger partial charge in [0.2, 0.25) is 10.0 Å². The molecule has 2 rings (SSSR count). The van der Waals surface area contributed by atoms with Gasteiger partial charge in [-0.15, -0.1) is 0 Å². The van der Waals surface area contributed by atoms with Crippen molar-refractivity contribution in [3.8, 4) is 5.75 Å². The minimum Gasteiger partial charge on any atom is -0.495 e.